The lowest BCUT2D eigenvalue weighted by Crippen LogP contribution is -2.38. The fourth-order valence-electron chi connectivity index (χ4n) is 4.61. The van der Waals surface area contributed by atoms with E-state index in [1.165, 1.54) is 22.3 Å². The summed E-state index contributed by atoms with van der Waals surface area (Å²) in [7, 11) is 0. The molecule has 1 aliphatic carbocycles. The molecular weight excluding hydrogens is 444 g/mol. The number of amides is 2. The number of hydrogen-bond acceptors (Lipinski definition) is 4. The lowest BCUT2D eigenvalue weighted by Gasteiger charge is -2.26. The number of fused-ring (bicyclic) bond motifs is 3. The molecule has 1 unspecified atom stereocenters. The molecule has 1 atom stereocenters. The van der Waals surface area contributed by atoms with Crippen LogP contribution in [0.2, 0.25) is 0 Å². The third-order valence-electron chi connectivity index (χ3n) is 6.61. The number of benzene rings is 2. The molecule has 0 radical (unpaired) electrons. The maximum absolute atomic E-state index is 12.5. The van der Waals surface area contributed by atoms with Crippen molar-refractivity contribution in [3.8, 4) is 11.1 Å². The van der Waals surface area contributed by atoms with Gasteiger partial charge in [0.15, 0.2) is 0 Å². The van der Waals surface area contributed by atoms with E-state index in [1.54, 1.807) is 4.90 Å². The number of carbonyl (C=O) groups excluding carboxylic acids is 2. The molecule has 7 heteroatoms. The third-order valence-corrected chi connectivity index (χ3v) is 6.61. The quantitative estimate of drug-likeness (QED) is 0.444. The predicted molar refractivity (Wildman–Crippen MR) is 135 cm³/mol. The zero-order chi connectivity index (χ0) is 25.4. The highest BCUT2D eigenvalue weighted by atomic mass is 16.5. The van der Waals surface area contributed by atoms with Gasteiger partial charge in [0, 0.05) is 31.5 Å². The first-order chi connectivity index (χ1) is 16.8. The van der Waals surface area contributed by atoms with Crippen molar-refractivity contribution in [3.05, 3.63) is 59.7 Å². The largest absolute Gasteiger partial charge is 0.481 e. The van der Waals surface area contributed by atoms with Crippen molar-refractivity contribution in [2.75, 3.05) is 19.7 Å². The number of nitrogens with zero attached hydrogens (tertiary/aromatic N) is 1. The second-order valence-electron chi connectivity index (χ2n) is 9.51. The second-order valence-corrected chi connectivity index (χ2v) is 9.51. The Morgan fingerprint density at radius 2 is 1.54 bits per heavy atom. The molecule has 3 rings (SSSR count). The smallest absolute Gasteiger partial charge is 0.407 e. The Morgan fingerprint density at radius 1 is 0.943 bits per heavy atom. The van der Waals surface area contributed by atoms with Gasteiger partial charge in [-0.1, -0.05) is 55.5 Å². The van der Waals surface area contributed by atoms with Crippen LogP contribution in [0.15, 0.2) is 48.5 Å². The molecule has 35 heavy (non-hydrogen) atoms. The van der Waals surface area contributed by atoms with Gasteiger partial charge in [-0.25, -0.2) is 4.79 Å². The Labute approximate surface area is 207 Å². The number of hydrogen-bond donors (Lipinski definition) is 2. The van der Waals surface area contributed by atoms with Crippen molar-refractivity contribution < 1.29 is 24.2 Å². The van der Waals surface area contributed by atoms with Crippen LogP contribution in [0.1, 0.15) is 63.5 Å². The van der Waals surface area contributed by atoms with E-state index in [0.29, 0.717) is 19.4 Å². The van der Waals surface area contributed by atoms with Crippen molar-refractivity contribution in [1.29, 1.82) is 0 Å². The van der Waals surface area contributed by atoms with Gasteiger partial charge in [0.25, 0.3) is 0 Å². The first-order valence-electron chi connectivity index (χ1n) is 12.4. The van der Waals surface area contributed by atoms with Crippen LogP contribution in [0.4, 0.5) is 4.79 Å². The zero-order valence-electron chi connectivity index (χ0n) is 20.8. The lowest BCUT2D eigenvalue weighted by molar-refractivity contribution is -0.139. The summed E-state index contributed by atoms with van der Waals surface area (Å²) in [4.78, 5) is 37.3. The number of carboxylic acid groups (broad SMARTS) is 1. The minimum atomic E-state index is -0.906. The normalized spacial score (nSPS) is 13.1. The van der Waals surface area contributed by atoms with E-state index in [0.717, 1.165) is 6.42 Å². The molecule has 0 bridgehead atoms. The number of ether oxygens (including phenoxy) is 1. The van der Waals surface area contributed by atoms with Gasteiger partial charge in [-0.15, -0.1) is 0 Å². The maximum atomic E-state index is 12.5. The first kappa shape index (κ1) is 26.3. The van der Waals surface area contributed by atoms with Crippen LogP contribution in [-0.4, -0.2) is 53.7 Å². The summed E-state index contributed by atoms with van der Waals surface area (Å²) in [5.74, 6) is -0.668. The highest BCUT2D eigenvalue weighted by molar-refractivity contribution is 5.79. The average molecular weight is 481 g/mol. The van der Waals surface area contributed by atoms with Gasteiger partial charge in [0.05, 0.1) is 6.42 Å². The highest BCUT2D eigenvalue weighted by Gasteiger charge is 2.29. The molecule has 0 heterocycles. The van der Waals surface area contributed by atoms with E-state index in [9.17, 15) is 14.4 Å². The molecular formula is C28H36N2O5. The van der Waals surface area contributed by atoms with E-state index in [-0.39, 0.29) is 43.4 Å². The topological polar surface area (TPSA) is 95.9 Å². The molecule has 0 aromatic heterocycles. The number of nitrogens with one attached hydrogen (secondary N) is 1. The third kappa shape index (κ3) is 7.07. The van der Waals surface area contributed by atoms with Crippen LogP contribution < -0.4 is 5.32 Å². The van der Waals surface area contributed by atoms with E-state index in [2.05, 4.69) is 29.6 Å². The molecule has 0 aliphatic heterocycles. The Kier molecular flexibility index (Phi) is 9.29. The van der Waals surface area contributed by atoms with Crippen LogP contribution in [0.5, 0.6) is 0 Å². The van der Waals surface area contributed by atoms with Crippen LogP contribution >= 0.6 is 0 Å². The molecule has 2 amide bonds. The van der Waals surface area contributed by atoms with Gasteiger partial charge in [0.2, 0.25) is 5.91 Å². The first-order valence-corrected chi connectivity index (χ1v) is 12.4. The van der Waals surface area contributed by atoms with Crippen molar-refractivity contribution >= 4 is 18.0 Å². The van der Waals surface area contributed by atoms with Gasteiger partial charge in [-0.05, 0) is 54.9 Å². The van der Waals surface area contributed by atoms with Gasteiger partial charge in [-0.2, -0.15) is 0 Å². The van der Waals surface area contributed by atoms with E-state index in [1.807, 2.05) is 45.0 Å². The molecule has 7 nitrogen and oxygen atoms in total. The Bertz CT molecular complexity index is 990. The molecule has 2 N–H and O–H groups in total. The molecule has 1 aliphatic rings. The lowest BCUT2D eigenvalue weighted by atomic mass is 9.98. The second kappa shape index (κ2) is 12.4. The van der Waals surface area contributed by atoms with E-state index >= 15 is 0 Å². The summed E-state index contributed by atoms with van der Waals surface area (Å²) in [6.45, 7) is 6.81. The van der Waals surface area contributed by atoms with Gasteiger partial charge >= 0.3 is 12.1 Å². The maximum Gasteiger partial charge on any atom is 0.407 e. The molecule has 0 spiro atoms. The molecule has 0 saturated heterocycles. The van der Waals surface area contributed by atoms with Crippen molar-refractivity contribution in [2.24, 2.45) is 5.92 Å². The number of rotatable bonds is 12. The van der Waals surface area contributed by atoms with E-state index in [4.69, 9.17) is 9.84 Å². The fourth-order valence-corrected chi connectivity index (χ4v) is 4.61. The van der Waals surface area contributed by atoms with Gasteiger partial charge in [0.1, 0.15) is 6.61 Å². The molecule has 188 valence electrons. The summed E-state index contributed by atoms with van der Waals surface area (Å²) >= 11 is 0. The number of carbonyl (C=O) groups is 3. The van der Waals surface area contributed by atoms with Crippen molar-refractivity contribution in [3.63, 3.8) is 0 Å². The number of carboxylic acids is 1. The van der Waals surface area contributed by atoms with Crippen LogP contribution in [0.25, 0.3) is 11.1 Å². The summed E-state index contributed by atoms with van der Waals surface area (Å²) in [5.41, 5.74) is 4.75. The van der Waals surface area contributed by atoms with Crippen LogP contribution in [0.3, 0.4) is 0 Å². The average Bonchev–Trinajstić information content (AvgIpc) is 3.15. The van der Waals surface area contributed by atoms with Crippen LogP contribution in [-0.2, 0) is 14.3 Å². The Hall–Kier alpha value is -3.35. The number of alkyl carbamates (subject to hydrolysis) is 1. The highest BCUT2D eigenvalue weighted by Crippen LogP contribution is 2.44. The summed E-state index contributed by atoms with van der Waals surface area (Å²) in [6.07, 6.45) is 1.29. The Balaban J connectivity index is 1.39. The van der Waals surface area contributed by atoms with Crippen LogP contribution in [0, 0.1) is 5.92 Å². The molecule has 0 saturated carbocycles. The molecule has 2 aromatic rings. The summed E-state index contributed by atoms with van der Waals surface area (Å²) < 4.78 is 5.56. The standard InChI is InChI=1S/C28H36N2O5/c1-19(2)30(17-15-27(32)33)26(31)13-12-20(3)14-16-29-28(34)35-18-25-23-10-6-4-8-21(23)22-9-5-7-11-24(22)25/h4-11,19-20,25H,12-18H2,1-3H3,(H,29,34)(H,32,33). The molecule has 0 fully saturated rings. The summed E-state index contributed by atoms with van der Waals surface area (Å²) in [5, 5.41) is 11.7. The number of aliphatic carboxylic acids is 1. The monoisotopic (exact) mass is 480 g/mol. The Morgan fingerprint density at radius 3 is 2.11 bits per heavy atom. The van der Waals surface area contributed by atoms with Gasteiger partial charge in [-0.3, -0.25) is 9.59 Å². The van der Waals surface area contributed by atoms with Gasteiger partial charge < -0.3 is 20.1 Å². The minimum absolute atomic E-state index is 0.0300. The summed E-state index contributed by atoms with van der Waals surface area (Å²) in [6, 6.07) is 16.4. The zero-order valence-corrected chi connectivity index (χ0v) is 20.8. The molecule has 2 aromatic carbocycles. The minimum Gasteiger partial charge on any atom is -0.481 e. The predicted octanol–water partition coefficient (Wildman–Crippen LogP) is 5.04. The SMILES string of the molecule is CC(CCNC(=O)OCC1c2ccccc2-c2ccccc21)CCC(=O)N(CCC(=O)O)C(C)C. The van der Waals surface area contributed by atoms with Crippen molar-refractivity contribution in [1.82, 2.24) is 10.2 Å². The van der Waals surface area contributed by atoms with Crippen molar-refractivity contribution in [2.45, 2.75) is 58.4 Å². The van der Waals surface area contributed by atoms with E-state index < -0.39 is 12.1 Å². The fraction of sp³-hybridized carbons (Fsp3) is 0.464.